The first-order chi connectivity index (χ1) is 15.9. The number of nitrogens with one attached hydrogen (secondary N) is 2. The first kappa shape index (κ1) is 23.1. The normalized spacial score (nSPS) is 16.2. The minimum atomic E-state index is -3.78. The van der Waals surface area contributed by atoms with E-state index in [-0.39, 0.29) is 28.7 Å². The summed E-state index contributed by atoms with van der Waals surface area (Å²) in [4.78, 5) is 27.0. The topological polar surface area (TPSA) is 108 Å². The molecule has 10 heteroatoms. The molecule has 9 nitrogen and oxygen atoms in total. The van der Waals surface area contributed by atoms with Crippen LogP contribution in [0.15, 0.2) is 47.4 Å². The summed E-state index contributed by atoms with van der Waals surface area (Å²) in [5, 5.41) is 0. The van der Waals surface area contributed by atoms with Gasteiger partial charge in [0.15, 0.2) is 0 Å². The lowest BCUT2D eigenvalue weighted by Crippen LogP contribution is -2.47. The lowest BCUT2D eigenvalue weighted by atomic mass is 10.0. The van der Waals surface area contributed by atoms with Gasteiger partial charge in [-0.25, -0.2) is 8.42 Å². The fraction of sp³-hybridized carbons (Fsp3) is 0.391. The molecule has 0 aromatic heterocycles. The Kier molecular flexibility index (Phi) is 6.85. The molecule has 2 aromatic rings. The van der Waals surface area contributed by atoms with Gasteiger partial charge in [0.25, 0.3) is 11.8 Å². The zero-order valence-electron chi connectivity index (χ0n) is 18.5. The van der Waals surface area contributed by atoms with Crippen molar-refractivity contribution in [2.24, 2.45) is 0 Å². The van der Waals surface area contributed by atoms with E-state index in [1.54, 1.807) is 0 Å². The lowest BCUT2D eigenvalue weighted by molar-refractivity contribution is -0.120. The summed E-state index contributed by atoms with van der Waals surface area (Å²) in [6.45, 7) is 1.75. The molecule has 1 saturated heterocycles. The number of carbonyl (C=O) groups is 2. The van der Waals surface area contributed by atoms with Crippen LogP contribution in [-0.2, 0) is 21.2 Å². The van der Waals surface area contributed by atoms with E-state index >= 15 is 0 Å². The van der Waals surface area contributed by atoms with Crippen molar-refractivity contribution in [3.63, 3.8) is 0 Å². The smallest absolute Gasteiger partial charge is 0.269 e. The van der Waals surface area contributed by atoms with Crippen LogP contribution in [-0.4, -0.2) is 57.8 Å². The number of rotatable bonds is 6. The monoisotopic (exact) mass is 472 g/mol. The van der Waals surface area contributed by atoms with Crippen molar-refractivity contribution < 1.29 is 22.7 Å². The highest BCUT2D eigenvalue weighted by atomic mass is 32.2. The Morgan fingerprint density at radius 1 is 1.00 bits per heavy atom. The molecule has 0 radical (unpaired) electrons. The highest BCUT2D eigenvalue weighted by Gasteiger charge is 2.30. The van der Waals surface area contributed by atoms with Crippen LogP contribution in [0.25, 0.3) is 0 Å². The number of benzene rings is 2. The number of hydrogen-bond donors (Lipinski definition) is 2. The van der Waals surface area contributed by atoms with Crippen molar-refractivity contribution in [1.29, 1.82) is 0 Å². The summed E-state index contributed by atoms with van der Waals surface area (Å²) < 4.78 is 32.7. The average molecular weight is 473 g/mol. The highest BCUT2D eigenvalue weighted by molar-refractivity contribution is 7.89. The molecule has 2 amide bonds. The zero-order valence-corrected chi connectivity index (χ0v) is 19.4. The van der Waals surface area contributed by atoms with E-state index in [1.165, 1.54) is 35.2 Å². The molecule has 0 atom stereocenters. The fourth-order valence-corrected chi connectivity index (χ4v) is 5.97. The van der Waals surface area contributed by atoms with Gasteiger partial charge in [-0.15, -0.1) is 0 Å². The van der Waals surface area contributed by atoms with E-state index in [0.717, 1.165) is 37.9 Å². The van der Waals surface area contributed by atoms with E-state index in [0.29, 0.717) is 13.1 Å². The number of sulfonamides is 1. The number of nitrogens with zero attached hydrogens (tertiary/aromatic N) is 2. The van der Waals surface area contributed by atoms with Crippen LogP contribution in [0.1, 0.15) is 35.2 Å². The maximum absolute atomic E-state index is 13.0. The summed E-state index contributed by atoms with van der Waals surface area (Å²) in [5.41, 5.74) is 7.15. The molecule has 2 aliphatic heterocycles. The summed E-state index contributed by atoms with van der Waals surface area (Å²) >= 11 is 0. The number of hydrazine groups is 1. The first-order valence-electron chi connectivity index (χ1n) is 11.0. The number of amides is 2. The Balaban J connectivity index is 1.42. The first-order valence-corrected chi connectivity index (χ1v) is 12.4. The second-order valence-corrected chi connectivity index (χ2v) is 10.0. The van der Waals surface area contributed by atoms with Gasteiger partial charge in [-0.1, -0.05) is 18.2 Å². The van der Waals surface area contributed by atoms with Crippen molar-refractivity contribution >= 4 is 27.5 Å². The Morgan fingerprint density at radius 3 is 2.52 bits per heavy atom. The Morgan fingerprint density at radius 2 is 1.76 bits per heavy atom. The molecule has 2 N–H and O–H groups in total. The second kappa shape index (κ2) is 9.80. The van der Waals surface area contributed by atoms with Crippen LogP contribution < -0.4 is 20.5 Å². The number of fused-ring (bicyclic) bond motifs is 1. The molecular formula is C23H28N4O5S. The Hall–Kier alpha value is -3.11. The molecule has 2 aromatic carbocycles. The van der Waals surface area contributed by atoms with Crippen molar-refractivity contribution in [2.75, 3.05) is 38.2 Å². The summed E-state index contributed by atoms with van der Waals surface area (Å²) in [7, 11) is -2.40. The number of carbonyl (C=O) groups excluding carboxylic acids is 2. The molecule has 0 spiro atoms. The minimum absolute atomic E-state index is 0.0594. The Bertz CT molecular complexity index is 1150. The predicted molar refractivity (Wildman–Crippen MR) is 124 cm³/mol. The molecule has 0 bridgehead atoms. The molecule has 2 aliphatic rings. The quantitative estimate of drug-likeness (QED) is 0.620. The molecule has 176 valence electrons. The van der Waals surface area contributed by atoms with Crippen molar-refractivity contribution in [1.82, 2.24) is 15.2 Å². The molecule has 33 heavy (non-hydrogen) atoms. The van der Waals surface area contributed by atoms with Gasteiger partial charge in [-0.2, -0.15) is 4.31 Å². The zero-order chi connectivity index (χ0) is 23.4. The molecule has 0 aliphatic carbocycles. The van der Waals surface area contributed by atoms with Gasteiger partial charge in [0.1, 0.15) is 10.6 Å². The number of methoxy groups -OCH3 is 1. The van der Waals surface area contributed by atoms with Crippen LogP contribution >= 0.6 is 0 Å². The highest BCUT2D eigenvalue weighted by Crippen LogP contribution is 2.30. The largest absolute Gasteiger partial charge is 0.495 e. The number of hydrogen-bond acceptors (Lipinski definition) is 6. The van der Waals surface area contributed by atoms with Gasteiger partial charge < -0.3 is 9.64 Å². The van der Waals surface area contributed by atoms with Gasteiger partial charge in [-0.05, 0) is 55.5 Å². The number of aryl methyl sites for hydroxylation is 1. The maximum atomic E-state index is 13.0. The van der Waals surface area contributed by atoms with E-state index in [2.05, 4.69) is 16.9 Å². The van der Waals surface area contributed by atoms with E-state index < -0.39 is 15.9 Å². The van der Waals surface area contributed by atoms with Crippen molar-refractivity contribution in [3.05, 3.63) is 53.6 Å². The molecular weight excluding hydrogens is 444 g/mol. The molecule has 0 saturated carbocycles. The molecule has 4 rings (SSSR count). The standard InChI is InChI=1S/C23H28N4O5S/c1-32-20-11-10-18(15-21(20)33(30,31)27-13-4-5-14-27)23(29)25-24-22(28)16-26-12-6-8-17-7-2-3-9-19(17)26/h2-3,7,9-11,15H,4-6,8,12-14,16H2,1H3,(H,24,28)(H,25,29). The number of anilines is 1. The summed E-state index contributed by atoms with van der Waals surface area (Å²) in [6, 6.07) is 12.2. The number of para-hydroxylation sites is 1. The third-order valence-electron chi connectivity index (χ3n) is 5.97. The van der Waals surface area contributed by atoms with Crippen LogP contribution in [0.4, 0.5) is 5.69 Å². The van der Waals surface area contributed by atoms with Crippen LogP contribution in [0.2, 0.25) is 0 Å². The van der Waals surface area contributed by atoms with E-state index in [4.69, 9.17) is 4.74 Å². The molecule has 2 heterocycles. The van der Waals surface area contributed by atoms with Gasteiger partial charge >= 0.3 is 0 Å². The third-order valence-corrected chi connectivity index (χ3v) is 7.88. The van der Waals surface area contributed by atoms with Crippen molar-refractivity contribution in [3.8, 4) is 5.75 Å². The minimum Gasteiger partial charge on any atom is -0.495 e. The van der Waals surface area contributed by atoms with Crippen LogP contribution in [0.5, 0.6) is 5.75 Å². The molecule has 1 fully saturated rings. The van der Waals surface area contributed by atoms with Gasteiger partial charge in [0.2, 0.25) is 10.0 Å². The predicted octanol–water partition coefficient (Wildman–Crippen LogP) is 1.69. The number of ether oxygens (including phenoxy) is 1. The van der Waals surface area contributed by atoms with Crippen molar-refractivity contribution in [2.45, 2.75) is 30.6 Å². The average Bonchev–Trinajstić information content (AvgIpc) is 3.38. The van der Waals surface area contributed by atoms with Crippen LogP contribution in [0, 0.1) is 0 Å². The van der Waals surface area contributed by atoms with Gasteiger partial charge in [-0.3, -0.25) is 20.4 Å². The summed E-state index contributed by atoms with van der Waals surface area (Å²) in [5.74, 6) is -0.798. The Labute approximate surface area is 193 Å². The van der Waals surface area contributed by atoms with E-state index in [9.17, 15) is 18.0 Å². The fourth-order valence-electron chi connectivity index (χ4n) is 4.27. The van der Waals surface area contributed by atoms with Crippen LogP contribution in [0.3, 0.4) is 0 Å². The third kappa shape index (κ3) is 4.96. The second-order valence-electron chi connectivity index (χ2n) is 8.13. The lowest BCUT2D eigenvalue weighted by Gasteiger charge is -2.30. The van der Waals surface area contributed by atoms with Gasteiger partial charge in [0, 0.05) is 30.9 Å². The summed E-state index contributed by atoms with van der Waals surface area (Å²) in [6.07, 6.45) is 3.53. The SMILES string of the molecule is COc1ccc(C(=O)NNC(=O)CN2CCCc3ccccc32)cc1S(=O)(=O)N1CCCC1. The molecule has 0 unspecified atom stereocenters. The van der Waals surface area contributed by atoms with Gasteiger partial charge in [0.05, 0.1) is 13.7 Å². The maximum Gasteiger partial charge on any atom is 0.269 e. The van der Waals surface area contributed by atoms with E-state index in [1.807, 2.05) is 23.1 Å².